The van der Waals surface area contributed by atoms with Gasteiger partial charge in [0.25, 0.3) is 0 Å². The van der Waals surface area contributed by atoms with Crippen LogP contribution in [0, 0.1) is 23.0 Å². The van der Waals surface area contributed by atoms with Crippen LogP contribution in [0.3, 0.4) is 0 Å². The topological polar surface area (TPSA) is 0 Å². The summed E-state index contributed by atoms with van der Waals surface area (Å²) in [5, 5.41) is 0. The van der Waals surface area contributed by atoms with Crippen LogP contribution in [0.25, 0.3) is 0 Å². The number of rotatable bonds is 6. The van der Waals surface area contributed by atoms with Crippen molar-refractivity contribution < 1.29 is 8.78 Å². The third-order valence-corrected chi connectivity index (χ3v) is 4.85. The smallest absolute Gasteiger partial charge is 0.143 e. The monoisotopic (exact) mass is 372 g/mol. The van der Waals surface area contributed by atoms with E-state index in [9.17, 15) is 8.78 Å². The molecule has 0 spiro atoms. The highest BCUT2D eigenvalue weighted by Gasteiger charge is 2.32. The molecule has 0 N–H and O–H groups in total. The maximum Gasteiger partial charge on any atom is 0.143 e. The molecule has 0 heterocycles. The lowest BCUT2D eigenvalue weighted by Gasteiger charge is -2.32. The molecule has 0 nitrogen and oxygen atoms in total. The summed E-state index contributed by atoms with van der Waals surface area (Å²) in [6.45, 7) is 4.09. The third kappa shape index (κ3) is 4.30. The van der Waals surface area contributed by atoms with Crippen molar-refractivity contribution in [2.24, 2.45) is 11.3 Å². The highest BCUT2D eigenvalue weighted by atomic mass is 79.9. The Hall–Kier alpha value is 0.140. The van der Waals surface area contributed by atoms with Gasteiger partial charge in [0.15, 0.2) is 0 Å². The van der Waals surface area contributed by atoms with Crippen LogP contribution >= 0.6 is 39.1 Å². The van der Waals surface area contributed by atoms with Crippen molar-refractivity contribution in [2.45, 2.75) is 26.7 Å². The van der Waals surface area contributed by atoms with Gasteiger partial charge in [-0.2, -0.15) is 0 Å². The van der Waals surface area contributed by atoms with Crippen LogP contribution in [0.2, 0.25) is 0 Å². The van der Waals surface area contributed by atoms with Gasteiger partial charge in [0.2, 0.25) is 0 Å². The van der Waals surface area contributed by atoms with E-state index in [4.69, 9.17) is 23.2 Å². The zero-order valence-electron chi connectivity index (χ0n) is 11.0. The average molecular weight is 374 g/mol. The van der Waals surface area contributed by atoms with E-state index in [0.717, 1.165) is 6.42 Å². The van der Waals surface area contributed by atoms with Crippen molar-refractivity contribution in [3.05, 3.63) is 33.8 Å². The van der Waals surface area contributed by atoms with Crippen LogP contribution in [0.5, 0.6) is 0 Å². The zero-order valence-corrected chi connectivity index (χ0v) is 14.0. The second-order valence-corrected chi connectivity index (χ2v) is 6.75. The van der Waals surface area contributed by atoms with E-state index >= 15 is 0 Å². The van der Waals surface area contributed by atoms with E-state index < -0.39 is 17.0 Å². The first kappa shape index (κ1) is 17.2. The van der Waals surface area contributed by atoms with E-state index in [2.05, 4.69) is 15.9 Å². The first-order valence-electron chi connectivity index (χ1n) is 6.09. The quantitative estimate of drug-likeness (QED) is 0.438. The molecule has 1 aromatic rings. The fourth-order valence-electron chi connectivity index (χ4n) is 2.28. The Morgan fingerprint density at radius 2 is 1.79 bits per heavy atom. The van der Waals surface area contributed by atoms with Crippen LogP contribution < -0.4 is 0 Å². The van der Waals surface area contributed by atoms with E-state index in [-0.39, 0.29) is 28.2 Å². The molecule has 1 rings (SSSR count). The minimum Gasteiger partial charge on any atom is -0.207 e. The Balaban J connectivity index is 3.13. The van der Waals surface area contributed by atoms with Gasteiger partial charge in [0.1, 0.15) is 11.6 Å². The van der Waals surface area contributed by atoms with Gasteiger partial charge >= 0.3 is 0 Å². The van der Waals surface area contributed by atoms with Gasteiger partial charge in [0.05, 0.1) is 4.47 Å². The molecule has 19 heavy (non-hydrogen) atoms. The minimum absolute atomic E-state index is 0.0522. The van der Waals surface area contributed by atoms with E-state index in [1.807, 2.05) is 13.8 Å². The minimum atomic E-state index is -0.566. The van der Waals surface area contributed by atoms with E-state index in [1.165, 1.54) is 12.1 Å². The van der Waals surface area contributed by atoms with Crippen LogP contribution in [0.1, 0.15) is 25.8 Å². The molecule has 108 valence electrons. The lowest BCUT2D eigenvalue weighted by Crippen LogP contribution is -2.31. The van der Waals surface area contributed by atoms with Gasteiger partial charge in [0, 0.05) is 22.7 Å². The molecule has 0 bridgehead atoms. The van der Waals surface area contributed by atoms with Crippen molar-refractivity contribution in [3.63, 3.8) is 0 Å². The third-order valence-electron chi connectivity index (χ3n) is 3.10. The molecule has 0 fully saturated rings. The number of hydrogen-bond donors (Lipinski definition) is 0. The van der Waals surface area contributed by atoms with Crippen molar-refractivity contribution in [2.75, 3.05) is 11.8 Å². The summed E-state index contributed by atoms with van der Waals surface area (Å²) in [6.07, 6.45) is 0.931. The maximum absolute atomic E-state index is 14.0. The Labute approximate surface area is 131 Å². The SMILES string of the molecule is CC(C)CC(CCl)(CCl)Cc1c(F)ccc(Br)c1F. The molecule has 0 aliphatic carbocycles. The molecular weight excluding hydrogens is 357 g/mol. The molecule has 0 aliphatic heterocycles. The number of benzene rings is 1. The highest BCUT2D eigenvalue weighted by Crippen LogP contribution is 2.36. The molecule has 0 radical (unpaired) electrons. The normalized spacial score (nSPS) is 12.2. The molecule has 0 saturated heterocycles. The Morgan fingerprint density at radius 3 is 2.26 bits per heavy atom. The predicted octanol–water partition coefficient (Wildman–Crippen LogP) is 5.78. The second kappa shape index (κ2) is 7.24. The second-order valence-electron chi connectivity index (χ2n) is 5.36. The van der Waals surface area contributed by atoms with Crippen molar-refractivity contribution >= 4 is 39.1 Å². The van der Waals surface area contributed by atoms with Gasteiger partial charge in [-0.25, -0.2) is 8.78 Å². The van der Waals surface area contributed by atoms with Crippen molar-refractivity contribution in [1.29, 1.82) is 0 Å². The Morgan fingerprint density at radius 1 is 1.21 bits per heavy atom. The van der Waals surface area contributed by atoms with Crippen molar-refractivity contribution in [1.82, 2.24) is 0 Å². The molecule has 0 unspecified atom stereocenters. The summed E-state index contributed by atoms with van der Waals surface area (Å²) >= 11 is 15.1. The maximum atomic E-state index is 14.0. The fraction of sp³-hybridized carbons (Fsp3) is 0.571. The first-order valence-corrected chi connectivity index (χ1v) is 7.95. The number of hydrogen-bond acceptors (Lipinski definition) is 0. The molecule has 1 aromatic carbocycles. The summed E-state index contributed by atoms with van der Waals surface area (Å²) < 4.78 is 28.1. The molecule has 0 amide bonds. The van der Waals surface area contributed by atoms with E-state index in [1.54, 1.807) is 0 Å². The van der Waals surface area contributed by atoms with Crippen LogP contribution in [-0.2, 0) is 6.42 Å². The number of alkyl halides is 2. The average Bonchev–Trinajstić information content (AvgIpc) is 2.37. The summed E-state index contributed by atoms with van der Waals surface area (Å²) in [5.74, 6) is -0.205. The van der Waals surface area contributed by atoms with Crippen LogP contribution in [0.15, 0.2) is 16.6 Å². The Kier molecular flexibility index (Phi) is 6.55. The van der Waals surface area contributed by atoms with Crippen molar-refractivity contribution in [3.8, 4) is 0 Å². The highest BCUT2D eigenvalue weighted by molar-refractivity contribution is 9.10. The standard InChI is InChI=1S/C14H17BrCl2F2/c1-9(2)5-14(7-16,8-17)6-10-12(18)4-3-11(15)13(10)19/h3-4,9H,5-8H2,1-2H3. The van der Waals surface area contributed by atoms with Gasteiger partial charge in [-0.15, -0.1) is 23.2 Å². The zero-order chi connectivity index (χ0) is 14.6. The number of halogens is 5. The van der Waals surface area contributed by atoms with Crippen LogP contribution in [0.4, 0.5) is 8.78 Å². The fourth-order valence-corrected chi connectivity index (χ4v) is 3.35. The summed E-state index contributed by atoms with van der Waals surface area (Å²) in [5.41, 5.74) is -0.434. The molecule has 0 aliphatic rings. The van der Waals surface area contributed by atoms with Gasteiger partial charge in [-0.1, -0.05) is 13.8 Å². The molecule has 0 aromatic heterocycles. The van der Waals surface area contributed by atoms with E-state index in [0.29, 0.717) is 5.92 Å². The van der Waals surface area contributed by atoms with Gasteiger partial charge in [-0.05, 0) is 46.8 Å². The lowest BCUT2D eigenvalue weighted by molar-refractivity contribution is 0.288. The first-order chi connectivity index (χ1) is 8.85. The molecular formula is C14H17BrCl2F2. The molecule has 0 saturated carbocycles. The predicted molar refractivity (Wildman–Crippen MR) is 81.1 cm³/mol. The summed E-state index contributed by atoms with van der Waals surface area (Å²) in [4.78, 5) is 0. The summed E-state index contributed by atoms with van der Waals surface area (Å²) in [7, 11) is 0. The summed E-state index contributed by atoms with van der Waals surface area (Å²) in [6, 6.07) is 2.62. The van der Waals surface area contributed by atoms with Crippen LogP contribution in [-0.4, -0.2) is 11.8 Å². The molecule has 0 atom stereocenters. The largest absolute Gasteiger partial charge is 0.207 e. The molecule has 5 heteroatoms. The lowest BCUT2D eigenvalue weighted by atomic mass is 9.78. The Bertz CT molecular complexity index is 432. The van der Waals surface area contributed by atoms with Gasteiger partial charge < -0.3 is 0 Å². The van der Waals surface area contributed by atoms with Gasteiger partial charge in [-0.3, -0.25) is 0 Å².